The highest BCUT2D eigenvalue weighted by atomic mass is 16.5. The lowest BCUT2D eigenvalue weighted by molar-refractivity contribution is -0.137. The van der Waals surface area contributed by atoms with Crippen molar-refractivity contribution in [3.8, 4) is 5.75 Å². The molecular weight excluding hydrogens is 294 g/mol. The number of aryl methyl sites for hydroxylation is 3. The first-order valence-corrected chi connectivity index (χ1v) is 7.91. The fourth-order valence-corrected chi connectivity index (χ4v) is 2.44. The van der Waals surface area contributed by atoms with Crippen LogP contribution in [0.3, 0.4) is 0 Å². The van der Waals surface area contributed by atoms with E-state index >= 15 is 0 Å². The van der Waals surface area contributed by atoms with Crippen molar-refractivity contribution < 1.29 is 19.2 Å². The highest BCUT2D eigenvalue weighted by Crippen LogP contribution is 2.19. The van der Waals surface area contributed by atoms with E-state index in [9.17, 15) is 4.79 Å². The molecule has 1 aromatic carbocycles. The Morgan fingerprint density at radius 3 is 2.78 bits per heavy atom. The molecule has 2 aromatic rings. The molecule has 0 aliphatic carbocycles. The van der Waals surface area contributed by atoms with Gasteiger partial charge in [-0.1, -0.05) is 23.7 Å². The van der Waals surface area contributed by atoms with Gasteiger partial charge in [-0.3, -0.25) is 4.79 Å². The van der Waals surface area contributed by atoms with Gasteiger partial charge in [0.1, 0.15) is 18.1 Å². The molecule has 1 N–H and O–H groups in total. The smallest absolute Gasteiger partial charge is 0.303 e. The summed E-state index contributed by atoms with van der Waals surface area (Å²) in [5.41, 5.74) is 3.05. The number of hydrogen-bond acceptors (Lipinski definition) is 4. The molecule has 1 heterocycles. The molecule has 0 radical (unpaired) electrons. The first-order valence-electron chi connectivity index (χ1n) is 7.91. The van der Waals surface area contributed by atoms with Crippen molar-refractivity contribution >= 4 is 5.97 Å². The molecular formula is C18H23NO4. The summed E-state index contributed by atoms with van der Waals surface area (Å²) in [5.74, 6) is 0.893. The molecule has 5 heteroatoms. The Labute approximate surface area is 136 Å². The zero-order valence-corrected chi connectivity index (χ0v) is 13.7. The average molecular weight is 317 g/mol. The van der Waals surface area contributed by atoms with E-state index in [0.29, 0.717) is 6.61 Å². The van der Waals surface area contributed by atoms with Crippen LogP contribution in [0.25, 0.3) is 0 Å². The Bertz CT molecular complexity index is 629. The number of aliphatic carboxylic acids is 1. The second-order valence-electron chi connectivity index (χ2n) is 5.69. The molecule has 0 amide bonds. The summed E-state index contributed by atoms with van der Waals surface area (Å²) in [7, 11) is 0. The number of benzene rings is 1. The highest BCUT2D eigenvalue weighted by molar-refractivity contribution is 5.66. The highest BCUT2D eigenvalue weighted by Gasteiger charge is 2.09. The van der Waals surface area contributed by atoms with E-state index in [0.717, 1.165) is 48.5 Å². The maximum atomic E-state index is 10.5. The van der Waals surface area contributed by atoms with Crippen LogP contribution in [0.4, 0.5) is 0 Å². The number of rotatable bonds is 9. The van der Waals surface area contributed by atoms with Crippen LogP contribution in [0.15, 0.2) is 28.8 Å². The summed E-state index contributed by atoms with van der Waals surface area (Å²) >= 11 is 0. The van der Waals surface area contributed by atoms with Gasteiger partial charge in [0.15, 0.2) is 0 Å². The van der Waals surface area contributed by atoms with Gasteiger partial charge >= 0.3 is 5.97 Å². The van der Waals surface area contributed by atoms with Crippen molar-refractivity contribution in [1.29, 1.82) is 0 Å². The van der Waals surface area contributed by atoms with E-state index in [1.807, 2.05) is 32.0 Å². The predicted molar refractivity (Wildman–Crippen MR) is 86.6 cm³/mol. The van der Waals surface area contributed by atoms with Crippen molar-refractivity contribution in [3.05, 3.63) is 46.8 Å². The first-order chi connectivity index (χ1) is 11.1. The van der Waals surface area contributed by atoms with Crippen LogP contribution < -0.4 is 4.74 Å². The number of carboxylic acids is 1. The molecule has 124 valence electrons. The summed E-state index contributed by atoms with van der Waals surface area (Å²) in [5, 5.41) is 12.5. The average Bonchev–Trinajstić information content (AvgIpc) is 2.84. The van der Waals surface area contributed by atoms with E-state index < -0.39 is 5.97 Å². The van der Waals surface area contributed by atoms with Gasteiger partial charge in [-0.2, -0.15) is 0 Å². The Morgan fingerprint density at radius 1 is 1.26 bits per heavy atom. The number of nitrogens with zero attached hydrogens (tertiary/aromatic N) is 1. The molecule has 0 unspecified atom stereocenters. The lowest BCUT2D eigenvalue weighted by Crippen LogP contribution is -1.98. The minimum atomic E-state index is -0.722. The molecule has 1 aromatic heterocycles. The Morgan fingerprint density at radius 2 is 2.09 bits per heavy atom. The first kappa shape index (κ1) is 17.1. The summed E-state index contributed by atoms with van der Waals surface area (Å²) in [6.07, 6.45) is 3.83. The lowest BCUT2D eigenvalue weighted by atomic mass is 10.1. The lowest BCUT2D eigenvalue weighted by Gasteiger charge is -2.08. The molecule has 23 heavy (non-hydrogen) atoms. The van der Waals surface area contributed by atoms with Gasteiger partial charge in [0, 0.05) is 6.42 Å². The number of aromatic nitrogens is 1. The number of ether oxygens (including phenoxy) is 1. The van der Waals surface area contributed by atoms with E-state index in [4.69, 9.17) is 14.4 Å². The Hall–Kier alpha value is -2.30. The van der Waals surface area contributed by atoms with E-state index in [-0.39, 0.29) is 6.42 Å². The molecule has 0 atom stereocenters. The zero-order chi connectivity index (χ0) is 16.7. The van der Waals surface area contributed by atoms with Gasteiger partial charge in [-0.05, 0) is 50.8 Å². The van der Waals surface area contributed by atoms with Crippen molar-refractivity contribution in [2.75, 3.05) is 0 Å². The van der Waals surface area contributed by atoms with Gasteiger partial charge < -0.3 is 14.4 Å². The third-order valence-corrected chi connectivity index (χ3v) is 3.82. The van der Waals surface area contributed by atoms with Gasteiger partial charge in [0.05, 0.1) is 11.3 Å². The summed E-state index contributed by atoms with van der Waals surface area (Å²) < 4.78 is 11.0. The Balaban J connectivity index is 1.81. The maximum absolute atomic E-state index is 10.5. The van der Waals surface area contributed by atoms with Crippen LogP contribution in [-0.4, -0.2) is 16.2 Å². The van der Waals surface area contributed by atoms with Gasteiger partial charge in [-0.25, -0.2) is 0 Å². The van der Waals surface area contributed by atoms with E-state index in [1.54, 1.807) is 0 Å². The van der Waals surface area contributed by atoms with Crippen LogP contribution in [0.5, 0.6) is 5.75 Å². The number of unbranched alkanes of at least 4 members (excludes halogenated alkanes) is 2. The summed E-state index contributed by atoms with van der Waals surface area (Å²) in [4.78, 5) is 10.5. The molecule has 5 nitrogen and oxygen atoms in total. The number of hydrogen-bond donors (Lipinski definition) is 1. The van der Waals surface area contributed by atoms with Crippen LogP contribution in [0.1, 0.15) is 48.3 Å². The van der Waals surface area contributed by atoms with Crippen LogP contribution in [0.2, 0.25) is 0 Å². The second-order valence-corrected chi connectivity index (χ2v) is 5.69. The Kier molecular flexibility index (Phi) is 6.20. The third kappa shape index (κ3) is 5.43. The number of carboxylic acid groups (broad SMARTS) is 1. The summed E-state index contributed by atoms with van der Waals surface area (Å²) in [6.45, 7) is 4.23. The van der Waals surface area contributed by atoms with Gasteiger partial charge in [-0.15, -0.1) is 0 Å². The topological polar surface area (TPSA) is 72.6 Å². The SMILES string of the molecule is Cc1noc(C)c1COc1cccc(CCCCCC(=O)O)c1. The van der Waals surface area contributed by atoms with Crippen molar-refractivity contribution in [2.45, 2.75) is 52.6 Å². The molecule has 0 aliphatic rings. The van der Waals surface area contributed by atoms with E-state index in [2.05, 4.69) is 11.2 Å². The largest absolute Gasteiger partial charge is 0.489 e. The van der Waals surface area contributed by atoms with Crippen molar-refractivity contribution in [2.24, 2.45) is 0 Å². The molecule has 0 saturated heterocycles. The molecule has 0 spiro atoms. The fraction of sp³-hybridized carbons (Fsp3) is 0.444. The van der Waals surface area contributed by atoms with Crippen molar-refractivity contribution in [3.63, 3.8) is 0 Å². The molecule has 2 rings (SSSR count). The van der Waals surface area contributed by atoms with Crippen molar-refractivity contribution in [1.82, 2.24) is 5.16 Å². The van der Waals surface area contributed by atoms with Crippen LogP contribution in [0, 0.1) is 13.8 Å². The molecule has 0 aliphatic heterocycles. The standard InChI is InChI=1S/C18H23NO4/c1-13-17(14(2)23-19-13)12-22-16-9-6-8-15(11-16)7-4-3-5-10-18(20)21/h6,8-9,11H,3-5,7,10,12H2,1-2H3,(H,20,21). The van der Waals surface area contributed by atoms with E-state index in [1.165, 1.54) is 5.56 Å². The number of carbonyl (C=O) groups is 1. The maximum Gasteiger partial charge on any atom is 0.303 e. The predicted octanol–water partition coefficient (Wildman–Crippen LogP) is 4.06. The molecule has 0 saturated carbocycles. The monoisotopic (exact) mass is 317 g/mol. The molecule has 0 bridgehead atoms. The zero-order valence-electron chi connectivity index (χ0n) is 13.7. The van der Waals surface area contributed by atoms with Crippen LogP contribution >= 0.6 is 0 Å². The van der Waals surface area contributed by atoms with Gasteiger partial charge in [0.25, 0.3) is 0 Å². The quantitative estimate of drug-likeness (QED) is 0.706. The van der Waals surface area contributed by atoms with Gasteiger partial charge in [0.2, 0.25) is 0 Å². The summed E-state index contributed by atoms with van der Waals surface area (Å²) in [6, 6.07) is 8.02. The third-order valence-electron chi connectivity index (χ3n) is 3.82. The second kappa shape index (κ2) is 8.36. The minimum absolute atomic E-state index is 0.251. The normalized spacial score (nSPS) is 10.7. The minimum Gasteiger partial charge on any atom is -0.489 e. The van der Waals surface area contributed by atoms with Crippen LogP contribution in [-0.2, 0) is 17.8 Å². The molecule has 0 fully saturated rings. The fourth-order valence-electron chi connectivity index (χ4n) is 2.44.